The number of benzene rings is 1. The number of halogens is 1. The fourth-order valence-corrected chi connectivity index (χ4v) is 2.35. The molecule has 0 bridgehead atoms. The lowest BCUT2D eigenvalue weighted by molar-refractivity contribution is -0.387. The first-order chi connectivity index (χ1) is 10.7. The van der Waals surface area contributed by atoms with Gasteiger partial charge in [-0.2, -0.15) is 4.39 Å². The maximum Gasteiger partial charge on any atom is 0.410 e. The Hall–Kier alpha value is -2.38. The Kier molecular flexibility index (Phi) is 4.72. The van der Waals surface area contributed by atoms with Crippen LogP contribution in [0.5, 0.6) is 0 Å². The molecular formula is C15H20FN3O4. The summed E-state index contributed by atoms with van der Waals surface area (Å²) in [6, 6.07) is 3.60. The average Bonchev–Trinajstić information content (AvgIpc) is 2.87. The molecule has 1 saturated heterocycles. The van der Waals surface area contributed by atoms with E-state index in [1.165, 1.54) is 6.07 Å². The number of rotatable bonds is 3. The fourth-order valence-electron chi connectivity index (χ4n) is 2.35. The predicted molar refractivity (Wildman–Crippen MR) is 82.9 cm³/mol. The van der Waals surface area contributed by atoms with Crippen molar-refractivity contribution in [3.8, 4) is 0 Å². The molecule has 126 valence electrons. The number of ether oxygens (including phenoxy) is 1. The Morgan fingerprint density at radius 2 is 2.17 bits per heavy atom. The van der Waals surface area contributed by atoms with Crippen molar-refractivity contribution in [2.24, 2.45) is 0 Å². The highest BCUT2D eigenvalue weighted by Crippen LogP contribution is 2.24. The number of nitro benzene ring substituents is 1. The minimum Gasteiger partial charge on any atom is -0.444 e. The summed E-state index contributed by atoms with van der Waals surface area (Å²) < 4.78 is 18.6. The molecule has 8 heteroatoms. The third kappa shape index (κ3) is 4.54. The molecular weight excluding hydrogens is 305 g/mol. The van der Waals surface area contributed by atoms with Crippen molar-refractivity contribution >= 4 is 17.5 Å². The quantitative estimate of drug-likeness (QED) is 0.681. The molecule has 23 heavy (non-hydrogen) atoms. The number of nitro groups is 1. The summed E-state index contributed by atoms with van der Waals surface area (Å²) in [6.45, 7) is 6.37. The van der Waals surface area contributed by atoms with Gasteiger partial charge in [0.25, 0.3) is 0 Å². The third-order valence-corrected chi connectivity index (χ3v) is 3.35. The third-order valence-electron chi connectivity index (χ3n) is 3.35. The maximum absolute atomic E-state index is 13.3. The van der Waals surface area contributed by atoms with Crippen LogP contribution in [0.4, 0.5) is 20.6 Å². The van der Waals surface area contributed by atoms with Crippen molar-refractivity contribution < 1.29 is 18.8 Å². The molecule has 0 aliphatic carbocycles. The molecule has 1 amide bonds. The van der Waals surface area contributed by atoms with Gasteiger partial charge in [-0.25, -0.2) is 4.79 Å². The van der Waals surface area contributed by atoms with Gasteiger partial charge >= 0.3 is 11.8 Å². The summed E-state index contributed by atoms with van der Waals surface area (Å²) in [7, 11) is 0. The van der Waals surface area contributed by atoms with Crippen LogP contribution in [0.25, 0.3) is 0 Å². The van der Waals surface area contributed by atoms with Gasteiger partial charge in [-0.1, -0.05) is 0 Å². The van der Waals surface area contributed by atoms with E-state index in [-0.39, 0.29) is 12.1 Å². The van der Waals surface area contributed by atoms with Gasteiger partial charge in [0.1, 0.15) is 5.60 Å². The highest BCUT2D eigenvalue weighted by atomic mass is 19.1. The number of nitrogens with zero attached hydrogens (tertiary/aromatic N) is 2. The van der Waals surface area contributed by atoms with Crippen molar-refractivity contribution in [2.75, 3.05) is 18.4 Å². The van der Waals surface area contributed by atoms with Crippen LogP contribution in [0.1, 0.15) is 27.2 Å². The number of nitrogens with one attached hydrogen (secondary N) is 1. The number of hydrogen-bond acceptors (Lipinski definition) is 5. The van der Waals surface area contributed by atoms with Gasteiger partial charge in [0, 0.05) is 30.9 Å². The molecule has 0 radical (unpaired) electrons. The van der Waals surface area contributed by atoms with Crippen LogP contribution in [-0.2, 0) is 4.74 Å². The highest BCUT2D eigenvalue weighted by Gasteiger charge is 2.30. The lowest BCUT2D eigenvalue weighted by Gasteiger charge is -2.24. The van der Waals surface area contributed by atoms with E-state index in [0.717, 1.165) is 12.1 Å². The fraction of sp³-hybridized carbons (Fsp3) is 0.533. The van der Waals surface area contributed by atoms with Crippen LogP contribution in [0.3, 0.4) is 0 Å². The van der Waals surface area contributed by atoms with E-state index in [1.54, 1.807) is 25.7 Å². The maximum atomic E-state index is 13.3. The topological polar surface area (TPSA) is 84.7 Å². The number of anilines is 1. The standard InChI is InChI=1S/C15H20FN3O4/c1-15(2,3)23-14(20)18-7-6-11(9-18)17-10-4-5-12(16)13(8-10)19(21)22/h4-5,8,11,17H,6-7,9H2,1-3H3. The number of likely N-dealkylation sites (tertiary alicyclic amines) is 1. The molecule has 1 N–H and O–H groups in total. The highest BCUT2D eigenvalue weighted by molar-refractivity contribution is 5.68. The molecule has 0 aromatic heterocycles. The van der Waals surface area contributed by atoms with E-state index in [0.29, 0.717) is 25.2 Å². The minimum absolute atomic E-state index is 0.0624. The van der Waals surface area contributed by atoms with E-state index in [2.05, 4.69) is 5.32 Å². The number of amides is 1. The molecule has 1 fully saturated rings. The molecule has 1 heterocycles. The first kappa shape index (κ1) is 17.0. The first-order valence-electron chi connectivity index (χ1n) is 7.34. The lowest BCUT2D eigenvalue weighted by atomic mass is 10.2. The molecule has 2 rings (SSSR count). The second kappa shape index (κ2) is 6.39. The molecule has 1 aromatic carbocycles. The zero-order chi connectivity index (χ0) is 17.2. The Balaban J connectivity index is 1.97. The van der Waals surface area contributed by atoms with E-state index >= 15 is 0 Å². The normalized spacial score (nSPS) is 17.9. The van der Waals surface area contributed by atoms with Crippen molar-refractivity contribution in [3.05, 3.63) is 34.1 Å². The second-order valence-electron chi connectivity index (χ2n) is 6.48. The molecule has 0 saturated carbocycles. The van der Waals surface area contributed by atoms with Crippen molar-refractivity contribution in [2.45, 2.75) is 38.8 Å². The number of carbonyl (C=O) groups excluding carboxylic acids is 1. The first-order valence-corrected chi connectivity index (χ1v) is 7.34. The molecule has 1 aromatic rings. The van der Waals surface area contributed by atoms with Crippen LogP contribution in [0.15, 0.2) is 18.2 Å². The van der Waals surface area contributed by atoms with Gasteiger partial charge in [-0.3, -0.25) is 10.1 Å². The van der Waals surface area contributed by atoms with Gasteiger partial charge < -0.3 is 15.0 Å². The Morgan fingerprint density at radius 3 is 2.78 bits per heavy atom. The van der Waals surface area contributed by atoms with Crippen molar-refractivity contribution in [1.29, 1.82) is 0 Å². The average molecular weight is 325 g/mol. The molecule has 1 unspecified atom stereocenters. The Bertz CT molecular complexity index is 615. The van der Waals surface area contributed by atoms with Gasteiger partial charge in [-0.15, -0.1) is 0 Å². The monoisotopic (exact) mass is 325 g/mol. The van der Waals surface area contributed by atoms with E-state index in [4.69, 9.17) is 4.74 Å². The van der Waals surface area contributed by atoms with E-state index < -0.39 is 22.0 Å². The van der Waals surface area contributed by atoms with Crippen LogP contribution in [0.2, 0.25) is 0 Å². The van der Waals surface area contributed by atoms with Crippen LogP contribution >= 0.6 is 0 Å². The van der Waals surface area contributed by atoms with Gasteiger partial charge in [0.2, 0.25) is 5.82 Å². The summed E-state index contributed by atoms with van der Waals surface area (Å²) in [5, 5.41) is 13.8. The summed E-state index contributed by atoms with van der Waals surface area (Å²) in [5.74, 6) is -0.873. The summed E-state index contributed by atoms with van der Waals surface area (Å²) in [6.07, 6.45) is 0.302. The molecule has 1 atom stereocenters. The lowest BCUT2D eigenvalue weighted by Crippen LogP contribution is -2.36. The second-order valence-corrected chi connectivity index (χ2v) is 6.48. The van der Waals surface area contributed by atoms with Gasteiger partial charge in [0.05, 0.1) is 4.92 Å². The summed E-state index contributed by atoms with van der Waals surface area (Å²) >= 11 is 0. The minimum atomic E-state index is -0.873. The predicted octanol–water partition coefficient (Wildman–Crippen LogP) is 3.16. The van der Waals surface area contributed by atoms with Crippen molar-refractivity contribution in [1.82, 2.24) is 4.90 Å². The molecule has 7 nitrogen and oxygen atoms in total. The van der Waals surface area contributed by atoms with Crippen LogP contribution < -0.4 is 5.32 Å². The SMILES string of the molecule is CC(C)(C)OC(=O)N1CCC(Nc2ccc(F)c([N+](=O)[O-])c2)C1. The molecule has 1 aliphatic rings. The van der Waals surface area contributed by atoms with Crippen molar-refractivity contribution in [3.63, 3.8) is 0 Å². The smallest absolute Gasteiger partial charge is 0.410 e. The van der Waals surface area contributed by atoms with Gasteiger partial charge in [-0.05, 0) is 39.3 Å². The molecule has 1 aliphatic heterocycles. The number of hydrogen-bond donors (Lipinski definition) is 1. The summed E-state index contributed by atoms with van der Waals surface area (Å²) in [4.78, 5) is 23.6. The van der Waals surface area contributed by atoms with E-state index in [9.17, 15) is 19.3 Å². The summed E-state index contributed by atoms with van der Waals surface area (Å²) in [5.41, 5.74) is -0.675. The van der Waals surface area contributed by atoms with E-state index in [1.807, 2.05) is 0 Å². The van der Waals surface area contributed by atoms with Gasteiger partial charge in [0.15, 0.2) is 0 Å². The van der Waals surface area contributed by atoms with Crippen LogP contribution in [-0.4, -0.2) is 40.6 Å². The largest absolute Gasteiger partial charge is 0.444 e. The number of carbonyl (C=O) groups is 1. The zero-order valence-corrected chi connectivity index (χ0v) is 13.3. The zero-order valence-electron chi connectivity index (χ0n) is 13.3. The Labute approximate surface area is 133 Å². The van der Waals surface area contributed by atoms with Crippen LogP contribution in [0, 0.1) is 15.9 Å². The molecule has 0 spiro atoms. The Morgan fingerprint density at radius 1 is 1.48 bits per heavy atom.